The lowest BCUT2D eigenvalue weighted by atomic mass is 10.0. The SMILES string of the molecule is O=c1[nH]c(=S)[nH]c2nc(-c3ccccc3)cc(-c3ccc(Cl)cc3)c12. The van der Waals surface area contributed by atoms with Crippen molar-refractivity contribution in [3.8, 4) is 22.4 Å². The smallest absolute Gasteiger partial charge is 0.261 e. The van der Waals surface area contributed by atoms with Gasteiger partial charge in [0, 0.05) is 16.1 Å². The van der Waals surface area contributed by atoms with Gasteiger partial charge in [0.25, 0.3) is 5.56 Å². The predicted octanol–water partition coefficient (Wildman–Crippen LogP) is 4.97. The Morgan fingerprint density at radius 1 is 0.920 bits per heavy atom. The highest BCUT2D eigenvalue weighted by Crippen LogP contribution is 2.30. The van der Waals surface area contributed by atoms with Gasteiger partial charge < -0.3 is 4.98 Å². The Balaban J connectivity index is 2.10. The normalized spacial score (nSPS) is 10.9. The van der Waals surface area contributed by atoms with Crippen LogP contribution in [0.1, 0.15) is 0 Å². The van der Waals surface area contributed by atoms with Crippen LogP contribution < -0.4 is 5.56 Å². The largest absolute Gasteiger partial charge is 0.316 e. The van der Waals surface area contributed by atoms with Gasteiger partial charge in [0.05, 0.1) is 11.1 Å². The summed E-state index contributed by atoms with van der Waals surface area (Å²) in [5.74, 6) is 0. The van der Waals surface area contributed by atoms with Crippen LogP contribution >= 0.6 is 23.8 Å². The molecule has 2 aromatic heterocycles. The van der Waals surface area contributed by atoms with Crippen LogP contribution in [0.15, 0.2) is 65.5 Å². The van der Waals surface area contributed by atoms with Gasteiger partial charge in [-0.05, 0) is 36.0 Å². The Morgan fingerprint density at radius 3 is 2.36 bits per heavy atom. The van der Waals surface area contributed by atoms with Crippen molar-refractivity contribution in [2.24, 2.45) is 0 Å². The van der Waals surface area contributed by atoms with E-state index in [1.54, 1.807) is 12.1 Å². The van der Waals surface area contributed by atoms with Crippen molar-refractivity contribution >= 4 is 34.9 Å². The Morgan fingerprint density at radius 2 is 1.64 bits per heavy atom. The molecule has 0 amide bonds. The van der Waals surface area contributed by atoms with Crippen LogP contribution in [0.3, 0.4) is 0 Å². The lowest BCUT2D eigenvalue weighted by Gasteiger charge is -2.10. The maximum atomic E-state index is 12.5. The molecule has 2 heterocycles. The maximum Gasteiger partial charge on any atom is 0.261 e. The zero-order valence-electron chi connectivity index (χ0n) is 12.9. The first kappa shape index (κ1) is 15.7. The minimum Gasteiger partial charge on any atom is -0.316 e. The maximum absolute atomic E-state index is 12.5. The van der Waals surface area contributed by atoms with E-state index in [0.717, 1.165) is 22.4 Å². The second-order valence-corrected chi connectivity index (χ2v) is 6.40. The predicted molar refractivity (Wildman–Crippen MR) is 103 cm³/mol. The molecule has 0 fully saturated rings. The average molecular weight is 366 g/mol. The van der Waals surface area contributed by atoms with Crippen LogP contribution in [-0.2, 0) is 0 Å². The summed E-state index contributed by atoms with van der Waals surface area (Å²) in [6.45, 7) is 0. The van der Waals surface area contributed by atoms with E-state index in [2.05, 4.69) is 15.0 Å². The van der Waals surface area contributed by atoms with Crippen molar-refractivity contribution in [3.05, 3.63) is 80.8 Å². The average Bonchev–Trinajstić information content (AvgIpc) is 2.62. The van der Waals surface area contributed by atoms with Gasteiger partial charge in [0.1, 0.15) is 5.65 Å². The number of pyridine rings is 1. The zero-order chi connectivity index (χ0) is 17.4. The number of rotatable bonds is 2. The Kier molecular flexibility index (Phi) is 3.95. The van der Waals surface area contributed by atoms with Crippen molar-refractivity contribution in [3.63, 3.8) is 0 Å². The Hall–Kier alpha value is -2.76. The molecule has 0 saturated heterocycles. The van der Waals surface area contributed by atoms with E-state index in [9.17, 15) is 4.79 Å². The number of hydrogen-bond acceptors (Lipinski definition) is 3. The second-order valence-electron chi connectivity index (χ2n) is 5.56. The van der Waals surface area contributed by atoms with Gasteiger partial charge in [0.15, 0.2) is 4.77 Å². The number of nitrogens with zero attached hydrogens (tertiary/aromatic N) is 1. The minimum atomic E-state index is -0.268. The number of aromatic nitrogens is 3. The van der Waals surface area contributed by atoms with E-state index in [1.165, 1.54) is 0 Å². The van der Waals surface area contributed by atoms with Gasteiger partial charge in [-0.2, -0.15) is 0 Å². The number of fused-ring (bicyclic) bond motifs is 1. The molecule has 0 aliphatic carbocycles. The first-order valence-corrected chi connectivity index (χ1v) is 8.39. The highest BCUT2D eigenvalue weighted by atomic mass is 35.5. The van der Waals surface area contributed by atoms with Crippen LogP contribution in [0.5, 0.6) is 0 Å². The summed E-state index contributed by atoms with van der Waals surface area (Å²) in [6.07, 6.45) is 0. The molecule has 0 atom stereocenters. The standard InChI is InChI=1S/C19H12ClN3OS/c20-13-8-6-11(7-9-13)14-10-15(12-4-2-1-3-5-12)21-17-16(14)18(24)23-19(25)22-17/h1-10H,(H2,21,22,23,24,25). The van der Waals surface area contributed by atoms with E-state index in [0.29, 0.717) is 16.1 Å². The van der Waals surface area contributed by atoms with Crippen LogP contribution in [-0.4, -0.2) is 15.0 Å². The third-order valence-electron chi connectivity index (χ3n) is 3.93. The van der Waals surface area contributed by atoms with E-state index in [1.807, 2.05) is 48.5 Å². The van der Waals surface area contributed by atoms with Gasteiger partial charge in [-0.1, -0.05) is 54.1 Å². The molecule has 0 saturated carbocycles. The summed E-state index contributed by atoms with van der Waals surface area (Å²) in [7, 11) is 0. The lowest BCUT2D eigenvalue weighted by molar-refractivity contribution is 1.11. The number of hydrogen-bond donors (Lipinski definition) is 2. The molecule has 122 valence electrons. The fourth-order valence-corrected chi connectivity index (χ4v) is 3.10. The number of aromatic amines is 2. The van der Waals surface area contributed by atoms with E-state index in [-0.39, 0.29) is 10.3 Å². The molecular weight excluding hydrogens is 354 g/mol. The summed E-state index contributed by atoms with van der Waals surface area (Å²) >= 11 is 11.1. The molecule has 6 heteroatoms. The molecule has 0 aliphatic heterocycles. The van der Waals surface area contributed by atoms with Crippen LogP contribution in [0.4, 0.5) is 0 Å². The van der Waals surface area contributed by atoms with Gasteiger partial charge in [-0.25, -0.2) is 4.98 Å². The molecule has 2 aromatic carbocycles. The van der Waals surface area contributed by atoms with E-state index in [4.69, 9.17) is 23.8 Å². The molecule has 4 aromatic rings. The van der Waals surface area contributed by atoms with Crippen molar-refractivity contribution in [1.29, 1.82) is 0 Å². The fourth-order valence-electron chi connectivity index (χ4n) is 2.78. The van der Waals surface area contributed by atoms with E-state index >= 15 is 0 Å². The summed E-state index contributed by atoms with van der Waals surface area (Å²) < 4.78 is 0.247. The molecule has 0 radical (unpaired) electrons. The molecule has 0 aliphatic rings. The van der Waals surface area contributed by atoms with Crippen LogP contribution in [0.2, 0.25) is 5.02 Å². The summed E-state index contributed by atoms with van der Waals surface area (Å²) in [5.41, 5.74) is 3.56. The van der Waals surface area contributed by atoms with Gasteiger partial charge in [0.2, 0.25) is 0 Å². The first-order chi connectivity index (χ1) is 12.1. The van der Waals surface area contributed by atoms with Crippen molar-refractivity contribution < 1.29 is 0 Å². The Labute approximate surface area is 153 Å². The van der Waals surface area contributed by atoms with Crippen molar-refractivity contribution in [2.45, 2.75) is 0 Å². The molecule has 0 bridgehead atoms. The van der Waals surface area contributed by atoms with Gasteiger partial charge in [-0.15, -0.1) is 0 Å². The molecular formula is C19H12ClN3OS. The second kappa shape index (κ2) is 6.27. The molecule has 4 rings (SSSR count). The molecule has 0 spiro atoms. The molecule has 0 unspecified atom stereocenters. The van der Waals surface area contributed by atoms with Crippen LogP contribution in [0, 0.1) is 4.77 Å². The van der Waals surface area contributed by atoms with Crippen molar-refractivity contribution in [1.82, 2.24) is 15.0 Å². The quantitative estimate of drug-likeness (QED) is 0.493. The summed E-state index contributed by atoms with van der Waals surface area (Å²) in [6, 6.07) is 19.1. The molecule has 25 heavy (non-hydrogen) atoms. The van der Waals surface area contributed by atoms with Gasteiger partial charge >= 0.3 is 0 Å². The van der Waals surface area contributed by atoms with E-state index < -0.39 is 0 Å². The number of H-pyrrole nitrogens is 2. The number of nitrogens with one attached hydrogen (secondary N) is 2. The monoisotopic (exact) mass is 365 g/mol. The number of benzene rings is 2. The highest BCUT2D eigenvalue weighted by molar-refractivity contribution is 7.71. The number of halogens is 1. The molecule has 2 N–H and O–H groups in total. The molecule has 4 nitrogen and oxygen atoms in total. The lowest BCUT2D eigenvalue weighted by Crippen LogP contribution is -2.10. The van der Waals surface area contributed by atoms with Crippen molar-refractivity contribution in [2.75, 3.05) is 0 Å². The zero-order valence-corrected chi connectivity index (χ0v) is 14.5. The first-order valence-electron chi connectivity index (χ1n) is 7.60. The topological polar surface area (TPSA) is 61.5 Å². The third kappa shape index (κ3) is 2.99. The highest BCUT2D eigenvalue weighted by Gasteiger charge is 2.13. The van der Waals surface area contributed by atoms with Crippen LogP contribution in [0.25, 0.3) is 33.4 Å². The summed E-state index contributed by atoms with van der Waals surface area (Å²) in [4.78, 5) is 22.7. The third-order valence-corrected chi connectivity index (χ3v) is 4.39. The van der Waals surface area contributed by atoms with Gasteiger partial charge in [-0.3, -0.25) is 9.78 Å². The minimum absolute atomic E-state index is 0.247. The Bertz CT molecular complexity index is 1180. The fraction of sp³-hybridized carbons (Fsp3) is 0. The summed E-state index contributed by atoms with van der Waals surface area (Å²) in [5, 5.41) is 1.11.